The smallest absolute Gasteiger partial charge is 0.279 e. The fourth-order valence-corrected chi connectivity index (χ4v) is 3.79. The highest BCUT2D eigenvalue weighted by molar-refractivity contribution is 6.06. The lowest BCUT2D eigenvalue weighted by molar-refractivity contribution is -0.900. The van der Waals surface area contributed by atoms with Gasteiger partial charge in [-0.1, -0.05) is 25.1 Å². The summed E-state index contributed by atoms with van der Waals surface area (Å²) in [4.78, 5) is 13.8. The Morgan fingerprint density at radius 1 is 1.21 bits per heavy atom. The number of fused-ring (bicyclic) bond motifs is 3. The van der Waals surface area contributed by atoms with Crippen molar-refractivity contribution in [3.63, 3.8) is 0 Å². The van der Waals surface area contributed by atoms with E-state index in [-0.39, 0.29) is 5.91 Å². The molecule has 1 fully saturated rings. The maximum Gasteiger partial charge on any atom is 0.279 e. The highest BCUT2D eigenvalue weighted by atomic mass is 16.3. The number of para-hydroxylation sites is 1. The van der Waals surface area contributed by atoms with Crippen LogP contribution in [0.3, 0.4) is 0 Å². The van der Waals surface area contributed by atoms with Crippen LogP contribution in [0.25, 0.3) is 21.9 Å². The van der Waals surface area contributed by atoms with Gasteiger partial charge in [-0.25, -0.2) is 0 Å². The van der Waals surface area contributed by atoms with E-state index in [1.165, 1.54) is 17.7 Å². The molecule has 1 aliphatic rings. The van der Waals surface area contributed by atoms with Crippen LogP contribution in [-0.2, 0) is 4.79 Å². The molecule has 2 N–H and O–H groups in total. The number of nitrogens with one attached hydrogen (secondary N) is 2. The lowest BCUT2D eigenvalue weighted by Crippen LogP contribution is -3.14. The maximum absolute atomic E-state index is 12.4. The average molecular weight is 323 g/mol. The molecule has 0 radical (unpaired) electrons. The Bertz CT molecular complexity index is 884. The SMILES string of the molecule is C[C@@H]1CCC[NH+](CC(=O)Nc2ccc3oc4ccccc4c3c2)C1. The first-order valence-electron chi connectivity index (χ1n) is 8.74. The van der Waals surface area contributed by atoms with Crippen LogP contribution in [0.4, 0.5) is 5.69 Å². The highest BCUT2D eigenvalue weighted by Crippen LogP contribution is 2.30. The Balaban J connectivity index is 1.51. The van der Waals surface area contributed by atoms with Crippen LogP contribution >= 0.6 is 0 Å². The van der Waals surface area contributed by atoms with Crippen LogP contribution in [0.5, 0.6) is 0 Å². The number of rotatable bonds is 3. The molecular weight excluding hydrogens is 300 g/mol. The van der Waals surface area contributed by atoms with Crippen molar-refractivity contribution in [2.45, 2.75) is 19.8 Å². The second-order valence-electron chi connectivity index (χ2n) is 6.99. The number of quaternary nitrogens is 1. The van der Waals surface area contributed by atoms with Crippen LogP contribution in [0.1, 0.15) is 19.8 Å². The van der Waals surface area contributed by atoms with Gasteiger partial charge < -0.3 is 14.6 Å². The number of carbonyl (C=O) groups excluding carboxylic acids is 1. The van der Waals surface area contributed by atoms with Crippen LogP contribution in [0, 0.1) is 5.92 Å². The van der Waals surface area contributed by atoms with E-state index < -0.39 is 0 Å². The van der Waals surface area contributed by atoms with E-state index >= 15 is 0 Å². The normalized spacial score (nSPS) is 21.2. The minimum Gasteiger partial charge on any atom is -0.456 e. The number of likely N-dealkylation sites (tertiary alicyclic amines) is 1. The highest BCUT2D eigenvalue weighted by Gasteiger charge is 2.22. The third-order valence-corrected chi connectivity index (χ3v) is 4.94. The number of benzene rings is 2. The number of anilines is 1. The van der Waals surface area contributed by atoms with E-state index in [0.717, 1.165) is 46.6 Å². The van der Waals surface area contributed by atoms with E-state index in [1.54, 1.807) is 0 Å². The molecule has 0 aliphatic carbocycles. The van der Waals surface area contributed by atoms with Crippen LogP contribution in [-0.4, -0.2) is 25.5 Å². The second-order valence-corrected chi connectivity index (χ2v) is 6.99. The van der Waals surface area contributed by atoms with E-state index in [0.29, 0.717) is 6.54 Å². The summed E-state index contributed by atoms with van der Waals surface area (Å²) in [6.45, 7) is 5.02. The van der Waals surface area contributed by atoms with E-state index in [1.807, 2.05) is 42.5 Å². The van der Waals surface area contributed by atoms with Crippen molar-refractivity contribution in [1.82, 2.24) is 0 Å². The van der Waals surface area contributed by atoms with Crippen molar-refractivity contribution in [1.29, 1.82) is 0 Å². The molecule has 4 nitrogen and oxygen atoms in total. The minimum absolute atomic E-state index is 0.0891. The predicted molar refractivity (Wildman–Crippen MR) is 96.3 cm³/mol. The molecule has 0 saturated carbocycles. The molecule has 4 rings (SSSR count). The number of hydrogen-bond acceptors (Lipinski definition) is 2. The van der Waals surface area contributed by atoms with Gasteiger partial charge in [0.2, 0.25) is 0 Å². The second kappa shape index (κ2) is 6.29. The minimum atomic E-state index is 0.0891. The summed E-state index contributed by atoms with van der Waals surface area (Å²) in [6, 6.07) is 13.8. The summed E-state index contributed by atoms with van der Waals surface area (Å²) in [7, 11) is 0. The Morgan fingerprint density at radius 2 is 2.04 bits per heavy atom. The largest absolute Gasteiger partial charge is 0.456 e. The molecule has 1 aliphatic heterocycles. The molecule has 24 heavy (non-hydrogen) atoms. The topological polar surface area (TPSA) is 46.7 Å². The number of furan rings is 1. The van der Waals surface area contributed by atoms with E-state index in [2.05, 4.69) is 12.2 Å². The Labute approximate surface area is 141 Å². The van der Waals surface area contributed by atoms with Crippen molar-refractivity contribution in [3.05, 3.63) is 42.5 Å². The standard InChI is InChI=1S/C20H22N2O2/c1-14-5-4-10-22(12-14)13-20(23)21-15-8-9-19-17(11-15)16-6-2-3-7-18(16)24-19/h2-3,6-9,11,14H,4-5,10,12-13H2,1H3,(H,21,23)/p+1/t14-/m1/s1. The zero-order chi connectivity index (χ0) is 16.5. The van der Waals surface area contributed by atoms with Crippen molar-refractivity contribution in [2.24, 2.45) is 5.92 Å². The van der Waals surface area contributed by atoms with Crippen molar-refractivity contribution >= 4 is 33.5 Å². The van der Waals surface area contributed by atoms with Gasteiger partial charge in [0, 0.05) is 22.4 Å². The van der Waals surface area contributed by atoms with Gasteiger partial charge in [-0.3, -0.25) is 4.79 Å². The van der Waals surface area contributed by atoms with Gasteiger partial charge in [0.05, 0.1) is 13.1 Å². The molecule has 0 spiro atoms. The zero-order valence-corrected chi connectivity index (χ0v) is 14.0. The van der Waals surface area contributed by atoms with Gasteiger partial charge in [0.25, 0.3) is 5.91 Å². The third-order valence-electron chi connectivity index (χ3n) is 4.94. The third kappa shape index (κ3) is 3.02. The van der Waals surface area contributed by atoms with Gasteiger partial charge in [0.1, 0.15) is 11.2 Å². The van der Waals surface area contributed by atoms with Crippen LogP contribution in [0.15, 0.2) is 46.9 Å². The average Bonchev–Trinajstić information content (AvgIpc) is 2.93. The first-order valence-corrected chi connectivity index (χ1v) is 8.74. The molecule has 2 heterocycles. The van der Waals surface area contributed by atoms with E-state index in [4.69, 9.17) is 4.42 Å². The lowest BCUT2D eigenvalue weighted by Gasteiger charge is -2.27. The van der Waals surface area contributed by atoms with Crippen molar-refractivity contribution < 1.29 is 14.1 Å². The summed E-state index contributed by atoms with van der Waals surface area (Å²) in [5.41, 5.74) is 2.57. The molecule has 0 bridgehead atoms. The van der Waals surface area contributed by atoms with Gasteiger partial charge >= 0.3 is 0 Å². The fraction of sp³-hybridized carbons (Fsp3) is 0.350. The van der Waals surface area contributed by atoms with Crippen molar-refractivity contribution in [2.75, 3.05) is 25.0 Å². The first-order chi connectivity index (χ1) is 11.7. The van der Waals surface area contributed by atoms with Gasteiger partial charge in [-0.05, 0) is 37.1 Å². The summed E-state index contributed by atoms with van der Waals surface area (Å²) in [5, 5.41) is 5.18. The van der Waals surface area contributed by atoms with Crippen LogP contribution in [0.2, 0.25) is 0 Å². The zero-order valence-electron chi connectivity index (χ0n) is 14.0. The first kappa shape index (κ1) is 15.2. The van der Waals surface area contributed by atoms with E-state index in [9.17, 15) is 4.79 Å². The molecule has 1 aromatic heterocycles. The molecule has 2 atom stereocenters. The van der Waals surface area contributed by atoms with Crippen molar-refractivity contribution in [3.8, 4) is 0 Å². The number of hydrogen-bond donors (Lipinski definition) is 2. The fourth-order valence-electron chi connectivity index (χ4n) is 3.79. The molecule has 4 heteroatoms. The van der Waals surface area contributed by atoms with Crippen LogP contribution < -0.4 is 10.2 Å². The summed E-state index contributed by atoms with van der Waals surface area (Å²) < 4.78 is 5.83. The molecule has 124 valence electrons. The predicted octanol–water partition coefficient (Wildman–Crippen LogP) is 2.84. The maximum atomic E-state index is 12.4. The monoisotopic (exact) mass is 323 g/mol. The van der Waals surface area contributed by atoms with Gasteiger partial charge in [-0.15, -0.1) is 0 Å². The molecule has 1 unspecified atom stereocenters. The van der Waals surface area contributed by atoms with Gasteiger partial charge in [0.15, 0.2) is 6.54 Å². The number of amides is 1. The molecule has 3 aromatic rings. The molecule has 1 saturated heterocycles. The lowest BCUT2D eigenvalue weighted by atomic mass is 10.0. The summed E-state index contributed by atoms with van der Waals surface area (Å²) in [6.07, 6.45) is 2.51. The summed E-state index contributed by atoms with van der Waals surface area (Å²) in [5.74, 6) is 0.807. The molecule has 2 aromatic carbocycles. The number of carbonyl (C=O) groups is 1. The number of piperidine rings is 1. The Morgan fingerprint density at radius 3 is 2.92 bits per heavy atom. The summed E-state index contributed by atoms with van der Waals surface area (Å²) >= 11 is 0. The quantitative estimate of drug-likeness (QED) is 0.778. The molecular formula is C20H23N2O2+. The molecule has 1 amide bonds. The van der Waals surface area contributed by atoms with Gasteiger partial charge in [-0.2, -0.15) is 0 Å². The Hall–Kier alpha value is -2.33. The Kier molecular flexibility index (Phi) is 3.98.